The molecule has 46 heavy (non-hydrogen) atoms. The number of rotatable bonds is 10. The first-order chi connectivity index (χ1) is 22.5. The topological polar surface area (TPSA) is 106 Å². The number of urea groups is 1. The molecule has 0 aliphatic carbocycles. The number of nitrogens with one attached hydrogen (secondary N) is 2. The Morgan fingerprint density at radius 3 is 2.15 bits per heavy atom. The van der Waals surface area contributed by atoms with Crippen LogP contribution in [0.15, 0.2) is 119 Å². The summed E-state index contributed by atoms with van der Waals surface area (Å²) in [6, 6.07) is 35.2. The summed E-state index contributed by atoms with van der Waals surface area (Å²) in [5.74, 6) is 1.32. The Kier molecular flexibility index (Phi) is 10.1. The summed E-state index contributed by atoms with van der Waals surface area (Å²) in [5, 5.41) is 15.7. The third-order valence-electron chi connectivity index (χ3n) is 7.96. The number of aliphatic hydroxyl groups excluding tert-OH is 1. The number of amides is 2. The van der Waals surface area contributed by atoms with Gasteiger partial charge in [0.25, 0.3) is 5.22 Å². The van der Waals surface area contributed by atoms with Gasteiger partial charge in [-0.3, -0.25) is 0 Å². The zero-order valence-electron chi connectivity index (χ0n) is 25.8. The molecule has 1 saturated heterocycles. The smallest absolute Gasteiger partial charge is 0.319 e. The number of carbonyl (C=O) groups excluding carboxylic acids is 1. The first-order valence-electron chi connectivity index (χ1n) is 15.4. The predicted molar refractivity (Wildman–Crippen MR) is 180 cm³/mol. The van der Waals surface area contributed by atoms with E-state index in [1.54, 1.807) is 0 Å². The standard InChI is InChI=1S/C37H37N3O5S/c1-3-38-36(42)39-30-20-18-29(19-21-30)35-43-31(24(2)33(44-35)28-16-14-25(22-41)15-17-28)23-46-37-40-32(26-10-6-4-7-11-26)34(45-37)27-12-8-5-9-13-27/h4-21,24,31,33,35,41H,3,22-23H2,1-2H3,(H2,38,39,42). The average Bonchev–Trinajstić information content (AvgIpc) is 3.53. The van der Waals surface area contributed by atoms with Crippen LogP contribution in [0.2, 0.25) is 0 Å². The Balaban J connectivity index is 1.25. The second-order valence-electron chi connectivity index (χ2n) is 11.1. The van der Waals surface area contributed by atoms with Crippen LogP contribution in [-0.2, 0) is 16.1 Å². The molecule has 5 aromatic rings. The van der Waals surface area contributed by atoms with Gasteiger partial charge in [-0.2, -0.15) is 0 Å². The zero-order chi connectivity index (χ0) is 31.9. The number of aliphatic hydroxyl groups is 1. The molecule has 4 atom stereocenters. The summed E-state index contributed by atoms with van der Waals surface area (Å²) < 4.78 is 19.6. The number of aromatic nitrogens is 1. The summed E-state index contributed by atoms with van der Waals surface area (Å²) in [6.45, 7) is 4.53. The molecular weight excluding hydrogens is 598 g/mol. The van der Waals surface area contributed by atoms with E-state index in [9.17, 15) is 9.90 Å². The molecule has 6 rings (SSSR count). The van der Waals surface area contributed by atoms with Gasteiger partial charge in [-0.1, -0.05) is 116 Å². The second-order valence-corrected chi connectivity index (χ2v) is 12.1. The van der Waals surface area contributed by atoms with Crippen LogP contribution in [0.25, 0.3) is 22.6 Å². The number of hydrogen-bond acceptors (Lipinski definition) is 7. The van der Waals surface area contributed by atoms with Gasteiger partial charge < -0.3 is 29.6 Å². The Labute approximate surface area is 273 Å². The lowest BCUT2D eigenvalue weighted by molar-refractivity contribution is -0.268. The summed E-state index contributed by atoms with van der Waals surface area (Å²) >= 11 is 1.52. The predicted octanol–water partition coefficient (Wildman–Crippen LogP) is 8.23. The molecule has 4 unspecified atom stereocenters. The number of hydrogen-bond donors (Lipinski definition) is 3. The van der Waals surface area contributed by atoms with E-state index in [4.69, 9.17) is 18.9 Å². The molecule has 236 valence electrons. The molecule has 3 N–H and O–H groups in total. The van der Waals surface area contributed by atoms with Crippen molar-refractivity contribution in [2.75, 3.05) is 17.6 Å². The number of oxazole rings is 1. The van der Waals surface area contributed by atoms with Gasteiger partial charge in [-0.05, 0) is 30.2 Å². The van der Waals surface area contributed by atoms with Gasteiger partial charge >= 0.3 is 6.03 Å². The van der Waals surface area contributed by atoms with Gasteiger partial charge in [0, 0.05) is 40.6 Å². The van der Waals surface area contributed by atoms with Crippen LogP contribution in [0.1, 0.15) is 42.9 Å². The molecule has 8 nitrogen and oxygen atoms in total. The molecule has 2 amide bonds. The van der Waals surface area contributed by atoms with Gasteiger partial charge in [-0.25, -0.2) is 9.78 Å². The zero-order valence-corrected chi connectivity index (χ0v) is 26.6. The Morgan fingerprint density at radius 1 is 0.848 bits per heavy atom. The molecule has 1 fully saturated rings. The van der Waals surface area contributed by atoms with Crippen molar-refractivity contribution >= 4 is 23.5 Å². The molecule has 2 heterocycles. The fourth-order valence-corrected chi connectivity index (χ4v) is 6.45. The van der Waals surface area contributed by atoms with E-state index in [0.717, 1.165) is 39.3 Å². The van der Waals surface area contributed by atoms with E-state index < -0.39 is 6.29 Å². The highest BCUT2D eigenvalue weighted by Gasteiger charge is 2.38. The van der Waals surface area contributed by atoms with Gasteiger partial charge in [-0.15, -0.1) is 0 Å². The minimum absolute atomic E-state index is 0.000411. The van der Waals surface area contributed by atoms with Gasteiger partial charge in [0.15, 0.2) is 12.1 Å². The van der Waals surface area contributed by atoms with Crippen LogP contribution >= 0.6 is 11.8 Å². The maximum Gasteiger partial charge on any atom is 0.319 e. The number of thioether (sulfide) groups is 1. The third kappa shape index (κ3) is 7.35. The van der Waals surface area contributed by atoms with Crippen molar-refractivity contribution in [2.24, 2.45) is 5.92 Å². The summed E-state index contributed by atoms with van der Waals surface area (Å²) in [5.41, 5.74) is 6.13. The fraction of sp³-hybridized carbons (Fsp3) is 0.243. The van der Waals surface area contributed by atoms with Crippen LogP contribution in [0.3, 0.4) is 0 Å². The lowest BCUT2D eigenvalue weighted by Gasteiger charge is -2.41. The normalized spacial score (nSPS) is 19.5. The lowest BCUT2D eigenvalue weighted by atomic mass is 9.91. The third-order valence-corrected chi connectivity index (χ3v) is 8.88. The maximum atomic E-state index is 12.0. The largest absolute Gasteiger partial charge is 0.431 e. The molecule has 0 bridgehead atoms. The van der Waals surface area contributed by atoms with E-state index in [0.29, 0.717) is 23.2 Å². The average molecular weight is 636 g/mol. The van der Waals surface area contributed by atoms with Crippen molar-refractivity contribution < 1.29 is 23.8 Å². The SMILES string of the molecule is CCNC(=O)Nc1ccc(C2OC(CSc3nc(-c4ccccc4)c(-c4ccccc4)o3)C(C)C(c3ccc(CO)cc3)O2)cc1. The highest BCUT2D eigenvalue weighted by atomic mass is 32.2. The molecule has 1 aliphatic heterocycles. The van der Waals surface area contributed by atoms with Gasteiger partial charge in [0.1, 0.15) is 5.69 Å². The monoisotopic (exact) mass is 635 g/mol. The van der Waals surface area contributed by atoms with Crippen LogP contribution < -0.4 is 10.6 Å². The van der Waals surface area contributed by atoms with Gasteiger partial charge in [0.2, 0.25) is 0 Å². The number of nitrogens with zero attached hydrogens (tertiary/aromatic N) is 1. The summed E-state index contributed by atoms with van der Waals surface area (Å²) in [4.78, 5) is 16.9. The van der Waals surface area contributed by atoms with Crippen molar-refractivity contribution in [2.45, 2.75) is 44.2 Å². The van der Waals surface area contributed by atoms with E-state index in [2.05, 4.69) is 17.6 Å². The first-order valence-corrected chi connectivity index (χ1v) is 16.4. The van der Waals surface area contributed by atoms with Crippen molar-refractivity contribution in [3.63, 3.8) is 0 Å². The number of benzene rings is 4. The first kappa shape index (κ1) is 31.6. The number of ether oxygens (including phenoxy) is 2. The van der Waals surface area contributed by atoms with E-state index in [1.807, 2.05) is 116 Å². The molecule has 0 spiro atoms. The summed E-state index contributed by atoms with van der Waals surface area (Å²) in [7, 11) is 0. The molecule has 9 heteroatoms. The quantitative estimate of drug-likeness (QED) is 0.133. The highest BCUT2D eigenvalue weighted by molar-refractivity contribution is 7.99. The van der Waals surface area contributed by atoms with Crippen LogP contribution in [0.5, 0.6) is 0 Å². The molecular formula is C37H37N3O5S. The maximum absolute atomic E-state index is 12.0. The van der Waals surface area contributed by atoms with Crippen LogP contribution in [-0.4, -0.2) is 34.5 Å². The molecule has 1 aromatic heterocycles. The molecule has 4 aromatic carbocycles. The minimum Gasteiger partial charge on any atom is -0.431 e. The van der Waals surface area contributed by atoms with Crippen molar-refractivity contribution in [3.05, 3.63) is 126 Å². The summed E-state index contributed by atoms with van der Waals surface area (Å²) in [6.07, 6.45) is -1.09. The Hall–Kier alpha value is -4.41. The van der Waals surface area contributed by atoms with E-state index in [1.165, 1.54) is 11.8 Å². The van der Waals surface area contributed by atoms with Crippen molar-refractivity contribution in [3.8, 4) is 22.6 Å². The van der Waals surface area contributed by atoms with E-state index >= 15 is 0 Å². The van der Waals surface area contributed by atoms with Crippen molar-refractivity contribution in [1.82, 2.24) is 10.3 Å². The molecule has 1 aliphatic rings. The minimum atomic E-state index is -0.632. The fourth-order valence-electron chi connectivity index (χ4n) is 5.46. The van der Waals surface area contributed by atoms with Gasteiger partial charge in [0.05, 0.1) is 18.8 Å². The number of carbonyl (C=O) groups is 1. The number of anilines is 1. The Bertz CT molecular complexity index is 1660. The molecule has 0 saturated carbocycles. The Morgan fingerprint density at radius 2 is 1.50 bits per heavy atom. The molecule has 0 radical (unpaired) electrons. The lowest BCUT2D eigenvalue weighted by Crippen LogP contribution is -2.38. The second kappa shape index (κ2) is 14.8. The highest BCUT2D eigenvalue weighted by Crippen LogP contribution is 2.44. The van der Waals surface area contributed by atoms with Crippen LogP contribution in [0, 0.1) is 5.92 Å². The van der Waals surface area contributed by atoms with Crippen molar-refractivity contribution in [1.29, 1.82) is 0 Å². The van der Waals surface area contributed by atoms with Crippen LogP contribution in [0.4, 0.5) is 10.5 Å². The van der Waals surface area contributed by atoms with E-state index in [-0.39, 0.29) is 30.8 Å².